The van der Waals surface area contributed by atoms with E-state index in [1.807, 2.05) is 36.4 Å². The largest absolute Gasteiger partial charge is 0.493 e. The normalized spacial score (nSPS) is 11.1. The summed E-state index contributed by atoms with van der Waals surface area (Å²) in [5.41, 5.74) is 3.72. The number of carbonyl (C=O) groups is 1. The highest BCUT2D eigenvalue weighted by molar-refractivity contribution is 7.99. The monoisotopic (exact) mass is 451 g/mol. The molecule has 4 rings (SSSR count). The third-order valence-corrected chi connectivity index (χ3v) is 6.02. The van der Waals surface area contributed by atoms with E-state index in [0.717, 1.165) is 34.2 Å². The number of amides is 1. The Kier molecular flexibility index (Phi) is 6.75. The molecule has 1 amide bonds. The summed E-state index contributed by atoms with van der Waals surface area (Å²) >= 11 is 1.28. The Morgan fingerprint density at radius 3 is 2.69 bits per heavy atom. The summed E-state index contributed by atoms with van der Waals surface area (Å²) < 4.78 is 12.7. The van der Waals surface area contributed by atoms with Gasteiger partial charge in [-0.15, -0.1) is 10.2 Å². The van der Waals surface area contributed by atoms with E-state index in [2.05, 4.69) is 38.1 Å². The molecule has 2 heterocycles. The van der Waals surface area contributed by atoms with Crippen LogP contribution in [0.1, 0.15) is 12.5 Å². The van der Waals surface area contributed by atoms with E-state index in [9.17, 15) is 4.79 Å². The molecule has 0 spiro atoms. The Labute approximate surface area is 190 Å². The second-order valence-electron chi connectivity index (χ2n) is 7.11. The molecule has 8 nitrogen and oxygen atoms in total. The van der Waals surface area contributed by atoms with Crippen LogP contribution >= 0.6 is 11.8 Å². The van der Waals surface area contributed by atoms with Crippen LogP contribution in [0.5, 0.6) is 11.5 Å². The minimum Gasteiger partial charge on any atom is -0.493 e. The van der Waals surface area contributed by atoms with E-state index in [-0.39, 0.29) is 11.7 Å². The Bertz CT molecular complexity index is 1260. The van der Waals surface area contributed by atoms with Crippen LogP contribution in [0.4, 0.5) is 0 Å². The predicted octanol–water partition coefficient (Wildman–Crippen LogP) is 3.47. The van der Waals surface area contributed by atoms with Gasteiger partial charge in [-0.05, 0) is 37.1 Å². The molecule has 0 atom stereocenters. The standard InChI is InChI=1S/C23H25N5O3S/c1-4-28-17-8-6-5-7-16(17)21-22(28)25-23(27-26-21)32-14-20(29)24-12-11-15-9-10-18(30-2)19(13-15)31-3/h5-10,13H,4,11-12,14H2,1-3H3,(H,24,29). The highest BCUT2D eigenvalue weighted by atomic mass is 32.2. The van der Waals surface area contributed by atoms with Gasteiger partial charge in [0, 0.05) is 18.5 Å². The first-order chi connectivity index (χ1) is 15.6. The number of aryl methyl sites for hydroxylation is 1. The fourth-order valence-electron chi connectivity index (χ4n) is 3.63. The van der Waals surface area contributed by atoms with E-state index in [0.29, 0.717) is 29.6 Å². The van der Waals surface area contributed by atoms with Gasteiger partial charge in [-0.3, -0.25) is 4.79 Å². The number of para-hydroxylation sites is 1. The van der Waals surface area contributed by atoms with Gasteiger partial charge in [-0.2, -0.15) is 0 Å². The van der Waals surface area contributed by atoms with Gasteiger partial charge in [0.15, 0.2) is 17.1 Å². The van der Waals surface area contributed by atoms with Crippen molar-refractivity contribution in [2.75, 3.05) is 26.5 Å². The van der Waals surface area contributed by atoms with Crippen molar-refractivity contribution < 1.29 is 14.3 Å². The number of fused-ring (bicyclic) bond motifs is 3. The lowest BCUT2D eigenvalue weighted by atomic mass is 10.1. The molecule has 0 fully saturated rings. The number of thioether (sulfide) groups is 1. The average molecular weight is 452 g/mol. The Morgan fingerprint density at radius 1 is 1.09 bits per heavy atom. The van der Waals surface area contributed by atoms with E-state index in [1.165, 1.54) is 11.8 Å². The molecule has 1 N–H and O–H groups in total. The maximum atomic E-state index is 12.3. The number of hydrogen-bond donors (Lipinski definition) is 1. The van der Waals surface area contributed by atoms with Crippen molar-refractivity contribution in [2.45, 2.75) is 25.0 Å². The Balaban J connectivity index is 1.35. The quantitative estimate of drug-likeness (QED) is 0.390. The number of methoxy groups -OCH3 is 2. The summed E-state index contributed by atoms with van der Waals surface area (Å²) in [6.07, 6.45) is 0.692. The number of benzene rings is 2. The molecule has 9 heteroatoms. The molecule has 0 saturated carbocycles. The van der Waals surface area contributed by atoms with Crippen LogP contribution in [0.15, 0.2) is 47.6 Å². The van der Waals surface area contributed by atoms with Crippen molar-refractivity contribution in [1.82, 2.24) is 25.1 Å². The van der Waals surface area contributed by atoms with E-state index >= 15 is 0 Å². The summed E-state index contributed by atoms with van der Waals surface area (Å²) in [5.74, 6) is 1.52. The number of hydrogen-bond acceptors (Lipinski definition) is 7. The van der Waals surface area contributed by atoms with Gasteiger partial charge in [0.05, 0.1) is 25.5 Å². The fourth-order valence-corrected chi connectivity index (χ4v) is 4.25. The minimum absolute atomic E-state index is 0.0739. The van der Waals surface area contributed by atoms with Gasteiger partial charge in [0.25, 0.3) is 0 Å². The van der Waals surface area contributed by atoms with Gasteiger partial charge >= 0.3 is 0 Å². The van der Waals surface area contributed by atoms with Gasteiger partial charge in [0.1, 0.15) is 5.52 Å². The number of aromatic nitrogens is 4. The van der Waals surface area contributed by atoms with Crippen LogP contribution in [-0.4, -0.2) is 52.2 Å². The fraction of sp³-hybridized carbons (Fsp3) is 0.304. The van der Waals surface area contributed by atoms with Crippen LogP contribution in [0.3, 0.4) is 0 Å². The second kappa shape index (κ2) is 9.86. The lowest BCUT2D eigenvalue weighted by Gasteiger charge is -2.10. The molecule has 0 aliphatic carbocycles. The Morgan fingerprint density at radius 2 is 1.91 bits per heavy atom. The molecule has 0 saturated heterocycles. The van der Waals surface area contributed by atoms with Crippen molar-refractivity contribution in [3.63, 3.8) is 0 Å². The highest BCUT2D eigenvalue weighted by Gasteiger charge is 2.14. The second-order valence-corrected chi connectivity index (χ2v) is 8.05. The van der Waals surface area contributed by atoms with Crippen molar-refractivity contribution >= 4 is 39.7 Å². The van der Waals surface area contributed by atoms with Crippen LogP contribution in [0.2, 0.25) is 0 Å². The van der Waals surface area contributed by atoms with Gasteiger partial charge in [-0.1, -0.05) is 36.0 Å². The zero-order valence-corrected chi connectivity index (χ0v) is 19.1. The van der Waals surface area contributed by atoms with Crippen molar-refractivity contribution in [2.24, 2.45) is 0 Å². The minimum atomic E-state index is -0.0739. The topological polar surface area (TPSA) is 91.2 Å². The first kappa shape index (κ1) is 21.9. The number of nitrogens with one attached hydrogen (secondary N) is 1. The van der Waals surface area contributed by atoms with Crippen molar-refractivity contribution in [1.29, 1.82) is 0 Å². The smallest absolute Gasteiger partial charge is 0.230 e. The molecule has 0 bridgehead atoms. The van der Waals surface area contributed by atoms with Crippen LogP contribution in [0, 0.1) is 0 Å². The summed E-state index contributed by atoms with van der Waals surface area (Å²) in [7, 11) is 3.21. The molecule has 32 heavy (non-hydrogen) atoms. The lowest BCUT2D eigenvalue weighted by molar-refractivity contribution is -0.118. The number of nitrogens with zero attached hydrogens (tertiary/aromatic N) is 4. The first-order valence-electron chi connectivity index (χ1n) is 10.4. The summed E-state index contributed by atoms with van der Waals surface area (Å²) in [4.78, 5) is 17.0. The van der Waals surface area contributed by atoms with Crippen molar-refractivity contribution in [3.05, 3.63) is 48.0 Å². The van der Waals surface area contributed by atoms with Crippen LogP contribution in [0.25, 0.3) is 22.1 Å². The summed E-state index contributed by atoms with van der Waals surface area (Å²) in [6.45, 7) is 3.38. The molecule has 2 aromatic carbocycles. The van der Waals surface area contributed by atoms with Crippen LogP contribution in [-0.2, 0) is 17.8 Å². The summed E-state index contributed by atoms with van der Waals surface area (Å²) in [5, 5.41) is 13.1. The van der Waals surface area contributed by atoms with Gasteiger partial charge in [-0.25, -0.2) is 4.98 Å². The zero-order valence-electron chi connectivity index (χ0n) is 18.3. The molecule has 0 aliphatic rings. The third kappa shape index (κ3) is 4.47. The van der Waals surface area contributed by atoms with E-state index in [4.69, 9.17) is 9.47 Å². The first-order valence-corrected chi connectivity index (χ1v) is 11.3. The molecule has 0 unspecified atom stereocenters. The van der Waals surface area contributed by atoms with Gasteiger partial charge in [0.2, 0.25) is 11.1 Å². The molecule has 166 valence electrons. The maximum absolute atomic E-state index is 12.3. The molecule has 0 aliphatic heterocycles. The molecule has 2 aromatic heterocycles. The molecular formula is C23H25N5O3S. The number of ether oxygens (including phenoxy) is 2. The number of rotatable bonds is 9. The Hall–Kier alpha value is -3.33. The summed E-state index contributed by atoms with van der Waals surface area (Å²) in [6, 6.07) is 13.8. The highest BCUT2D eigenvalue weighted by Crippen LogP contribution is 2.28. The van der Waals surface area contributed by atoms with E-state index in [1.54, 1.807) is 14.2 Å². The number of carbonyl (C=O) groups excluding carboxylic acids is 1. The lowest BCUT2D eigenvalue weighted by Crippen LogP contribution is -2.27. The predicted molar refractivity (Wildman–Crippen MR) is 125 cm³/mol. The zero-order chi connectivity index (χ0) is 22.5. The maximum Gasteiger partial charge on any atom is 0.230 e. The molecule has 0 radical (unpaired) electrons. The molecule has 4 aromatic rings. The SMILES string of the molecule is CCn1c2ccccc2c2nnc(SCC(=O)NCCc3ccc(OC)c(OC)c3)nc21. The van der Waals surface area contributed by atoms with Crippen LogP contribution < -0.4 is 14.8 Å². The van der Waals surface area contributed by atoms with E-state index < -0.39 is 0 Å². The molecular weight excluding hydrogens is 426 g/mol. The van der Waals surface area contributed by atoms with Gasteiger partial charge < -0.3 is 19.4 Å². The third-order valence-electron chi connectivity index (χ3n) is 5.19. The van der Waals surface area contributed by atoms with Crippen molar-refractivity contribution in [3.8, 4) is 11.5 Å². The average Bonchev–Trinajstić information content (AvgIpc) is 3.15.